The zero-order chi connectivity index (χ0) is 16.2. The van der Waals surface area contributed by atoms with Crippen LogP contribution in [0.15, 0.2) is 28.3 Å². The van der Waals surface area contributed by atoms with Crippen molar-refractivity contribution in [3.63, 3.8) is 0 Å². The summed E-state index contributed by atoms with van der Waals surface area (Å²) in [6, 6.07) is 6.20. The molecule has 1 aromatic heterocycles. The van der Waals surface area contributed by atoms with E-state index >= 15 is 0 Å². The first-order chi connectivity index (χ1) is 11.2. The second-order valence-electron chi connectivity index (χ2n) is 4.93. The minimum atomic E-state index is -0.516. The van der Waals surface area contributed by atoms with E-state index in [2.05, 4.69) is 15.5 Å². The van der Waals surface area contributed by atoms with Gasteiger partial charge in [-0.3, -0.25) is 10.1 Å². The summed E-state index contributed by atoms with van der Waals surface area (Å²) in [6.07, 6.45) is 2.02. The van der Waals surface area contributed by atoms with E-state index in [-0.39, 0.29) is 17.4 Å². The molecule has 0 radical (unpaired) electrons. The van der Waals surface area contributed by atoms with Crippen molar-refractivity contribution in [2.75, 3.05) is 6.61 Å². The molecule has 9 nitrogen and oxygen atoms in total. The van der Waals surface area contributed by atoms with Crippen molar-refractivity contribution in [3.05, 3.63) is 33.9 Å². The molecule has 118 valence electrons. The number of benzene rings is 1. The number of rotatable bonds is 5. The number of hydrogen-bond donors (Lipinski definition) is 0. The molecule has 0 amide bonds. The van der Waals surface area contributed by atoms with Gasteiger partial charge in [0.05, 0.1) is 34.1 Å². The number of nitro groups is 1. The lowest BCUT2D eigenvalue weighted by atomic mass is 10.2. The van der Waals surface area contributed by atoms with Gasteiger partial charge in [-0.25, -0.2) is 4.68 Å². The van der Waals surface area contributed by atoms with Crippen LogP contribution in [-0.4, -0.2) is 37.8 Å². The number of nitro benzene ring substituents is 1. The van der Waals surface area contributed by atoms with Crippen molar-refractivity contribution in [2.45, 2.75) is 35.5 Å². The van der Waals surface area contributed by atoms with Crippen molar-refractivity contribution in [3.8, 4) is 6.07 Å². The van der Waals surface area contributed by atoms with Crippen LogP contribution < -0.4 is 0 Å². The topological polar surface area (TPSA) is 120 Å². The molecule has 1 aliphatic heterocycles. The molecule has 3 rings (SSSR count). The van der Waals surface area contributed by atoms with Crippen LogP contribution in [0, 0.1) is 21.4 Å². The monoisotopic (exact) mass is 332 g/mol. The van der Waals surface area contributed by atoms with Crippen LogP contribution in [0.5, 0.6) is 0 Å². The molecule has 0 spiro atoms. The predicted molar refractivity (Wildman–Crippen MR) is 78.7 cm³/mol. The van der Waals surface area contributed by atoms with Gasteiger partial charge in [0, 0.05) is 12.7 Å². The molecular weight excluding hydrogens is 320 g/mol. The number of tetrazole rings is 1. The fourth-order valence-corrected chi connectivity index (χ4v) is 3.14. The summed E-state index contributed by atoms with van der Waals surface area (Å²) in [7, 11) is 0. The summed E-state index contributed by atoms with van der Waals surface area (Å²) < 4.78 is 7.14. The van der Waals surface area contributed by atoms with Gasteiger partial charge in [0.15, 0.2) is 0 Å². The third kappa shape index (κ3) is 3.46. The number of ether oxygens (including phenoxy) is 1. The highest BCUT2D eigenvalue weighted by Crippen LogP contribution is 2.34. The second-order valence-corrected chi connectivity index (χ2v) is 5.94. The maximum Gasteiger partial charge on any atom is 0.284 e. The van der Waals surface area contributed by atoms with Crippen molar-refractivity contribution >= 4 is 17.4 Å². The Morgan fingerprint density at radius 1 is 1.57 bits per heavy atom. The Hall–Kier alpha value is -2.51. The van der Waals surface area contributed by atoms with E-state index in [1.165, 1.54) is 18.2 Å². The standard InChI is InChI=1S/C13H12N6O3S/c14-7-9-3-4-12(11(6-9)19(20)21)23-13-15-16-17-18(13)8-10-2-1-5-22-10/h3-4,6,10H,1-2,5,8H2. The molecule has 10 heteroatoms. The fourth-order valence-electron chi connectivity index (χ4n) is 2.28. The predicted octanol–water partition coefficient (Wildman–Crippen LogP) is 1.78. The molecule has 1 fully saturated rings. The van der Waals surface area contributed by atoms with E-state index in [0.717, 1.165) is 31.2 Å². The van der Waals surface area contributed by atoms with E-state index in [1.807, 2.05) is 6.07 Å². The smallest absolute Gasteiger partial charge is 0.284 e. The van der Waals surface area contributed by atoms with Gasteiger partial charge in [0.25, 0.3) is 5.69 Å². The van der Waals surface area contributed by atoms with E-state index in [4.69, 9.17) is 10.00 Å². The molecule has 1 aromatic carbocycles. The SMILES string of the molecule is N#Cc1ccc(Sc2nnnn2CC2CCCO2)c([N+](=O)[O-])c1. The van der Waals surface area contributed by atoms with Gasteiger partial charge >= 0.3 is 0 Å². The molecule has 2 heterocycles. The summed E-state index contributed by atoms with van der Waals surface area (Å²) in [4.78, 5) is 11.1. The van der Waals surface area contributed by atoms with E-state index in [0.29, 0.717) is 16.6 Å². The number of nitriles is 1. The van der Waals surface area contributed by atoms with Gasteiger partial charge in [-0.15, -0.1) is 5.10 Å². The Morgan fingerprint density at radius 3 is 3.13 bits per heavy atom. The summed E-state index contributed by atoms with van der Waals surface area (Å²) in [5, 5.41) is 32.0. The number of nitrogens with zero attached hydrogens (tertiary/aromatic N) is 6. The molecule has 2 aromatic rings. The minimum absolute atomic E-state index is 0.0637. The fraction of sp³-hybridized carbons (Fsp3) is 0.385. The lowest BCUT2D eigenvalue weighted by molar-refractivity contribution is -0.387. The quantitative estimate of drug-likeness (QED) is 0.600. The molecule has 1 aliphatic rings. The van der Waals surface area contributed by atoms with E-state index < -0.39 is 4.92 Å². The highest BCUT2D eigenvalue weighted by atomic mass is 32.2. The average Bonchev–Trinajstić information content (AvgIpc) is 3.20. The van der Waals surface area contributed by atoms with Gasteiger partial charge in [0.2, 0.25) is 5.16 Å². The number of hydrogen-bond acceptors (Lipinski definition) is 8. The molecule has 23 heavy (non-hydrogen) atoms. The number of aromatic nitrogens is 4. The molecular formula is C13H12N6O3S. The van der Waals surface area contributed by atoms with Crippen molar-refractivity contribution in [1.82, 2.24) is 20.2 Å². The molecule has 0 aliphatic carbocycles. The van der Waals surface area contributed by atoms with Crippen molar-refractivity contribution in [2.24, 2.45) is 0 Å². The van der Waals surface area contributed by atoms with Gasteiger partial charge in [-0.1, -0.05) is 0 Å². The third-order valence-corrected chi connectivity index (χ3v) is 4.43. The largest absolute Gasteiger partial charge is 0.376 e. The maximum absolute atomic E-state index is 11.2. The zero-order valence-electron chi connectivity index (χ0n) is 12.0. The summed E-state index contributed by atoms with van der Waals surface area (Å²) in [5.41, 5.74) is 0.0979. The first-order valence-electron chi connectivity index (χ1n) is 6.91. The van der Waals surface area contributed by atoms with Crippen LogP contribution in [0.25, 0.3) is 0 Å². The van der Waals surface area contributed by atoms with Gasteiger partial charge < -0.3 is 4.74 Å². The zero-order valence-corrected chi connectivity index (χ0v) is 12.8. The van der Waals surface area contributed by atoms with Gasteiger partial charge in [-0.05, 0) is 47.2 Å². The Kier molecular flexibility index (Phi) is 4.50. The van der Waals surface area contributed by atoms with E-state index in [1.54, 1.807) is 4.68 Å². The van der Waals surface area contributed by atoms with Crippen LogP contribution in [0.4, 0.5) is 5.69 Å². The van der Waals surface area contributed by atoms with Crippen LogP contribution in [-0.2, 0) is 11.3 Å². The summed E-state index contributed by atoms with van der Waals surface area (Å²) in [5.74, 6) is 0. The highest BCUT2D eigenvalue weighted by molar-refractivity contribution is 7.99. The normalized spacial score (nSPS) is 17.1. The lowest BCUT2D eigenvalue weighted by Gasteiger charge is -2.10. The van der Waals surface area contributed by atoms with Gasteiger partial charge in [-0.2, -0.15) is 5.26 Å². The molecule has 1 atom stereocenters. The van der Waals surface area contributed by atoms with Crippen molar-refractivity contribution in [1.29, 1.82) is 5.26 Å². The van der Waals surface area contributed by atoms with Crippen LogP contribution in [0.3, 0.4) is 0 Å². The molecule has 0 bridgehead atoms. The lowest BCUT2D eigenvalue weighted by Crippen LogP contribution is -2.16. The first kappa shape index (κ1) is 15.4. The van der Waals surface area contributed by atoms with E-state index in [9.17, 15) is 10.1 Å². The molecule has 1 unspecified atom stereocenters. The Morgan fingerprint density at radius 2 is 2.43 bits per heavy atom. The third-order valence-electron chi connectivity index (χ3n) is 3.39. The van der Waals surface area contributed by atoms with Gasteiger partial charge in [0.1, 0.15) is 0 Å². The van der Waals surface area contributed by atoms with Crippen LogP contribution >= 0.6 is 11.8 Å². The summed E-state index contributed by atoms with van der Waals surface area (Å²) in [6.45, 7) is 1.25. The average molecular weight is 332 g/mol. The molecule has 0 N–H and O–H groups in total. The molecule has 1 saturated heterocycles. The minimum Gasteiger partial charge on any atom is -0.376 e. The van der Waals surface area contributed by atoms with Crippen LogP contribution in [0.2, 0.25) is 0 Å². The Bertz CT molecular complexity index is 765. The summed E-state index contributed by atoms with van der Waals surface area (Å²) >= 11 is 1.10. The molecule has 0 saturated carbocycles. The Balaban J connectivity index is 1.84. The second kappa shape index (κ2) is 6.72. The maximum atomic E-state index is 11.2. The van der Waals surface area contributed by atoms with Crippen LogP contribution in [0.1, 0.15) is 18.4 Å². The highest BCUT2D eigenvalue weighted by Gasteiger charge is 2.22. The Labute approximate surface area is 135 Å². The van der Waals surface area contributed by atoms with Crippen molar-refractivity contribution < 1.29 is 9.66 Å². The first-order valence-corrected chi connectivity index (χ1v) is 7.73.